The van der Waals surface area contributed by atoms with Crippen LogP contribution in [-0.2, 0) is 4.74 Å². The van der Waals surface area contributed by atoms with Gasteiger partial charge in [0.1, 0.15) is 6.10 Å². The van der Waals surface area contributed by atoms with E-state index < -0.39 is 11.9 Å². The molecule has 1 rings (SSSR count). The van der Waals surface area contributed by atoms with Gasteiger partial charge in [0.25, 0.3) is 0 Å². The number of hydrogen-bond acceptors (Lipinski definition) is 3. The van der Waals surface area contributed by atoms with E-state index in [1.54, 1.807) is 12.1 Å². The summed E-state index contributed by atoms with van der Waals surface area (Å²) in [6.07, 6.45) is -0.334. The lowest BCUT2D eigenvalue weighted by Crippen LogP contribution is -2.42. The highest BCUT2D eigenvalue weighted by atomic mass is 16.5. The van der Waals surface area contributed by atoms with Crippen LogP contribution < -0.4 is 0 Å². The molecular weight excluding hydrogens is 268 g/mol. The number of aromatic carboxylic acids is 1. The Kier molecular flexibility index (Phi) is 4.82. The highest BCUT2D eigenvalue weighted by Crippen LogP contribution is 2.36. The van der Waals surface area contributed by atoms with E-state index in [0.717, 1.165) is 0 Å². The van der Waals surface area contributed by atoms with Crippen LogP contribution in [0.3, 0.4) is 0 Å². The van der Waals surface area contributed by atoms with E-state index in [2.05, 4.69) is 0 Å². The van der Waals surface area contributed by atoms with E-state index in [1.807, 2.05) is 41.5 Å². The summed E-state index contributed by atoms with van der Waals surface area (Å²) in [6, 6.07) is 6.10. The lowest BCUT2D eigenvalue weighted by molar-refractivity contribution is -0.0516. The number of rotatable bonds is 3. The van der Waals surface area contributed by atoms with E-state index in [1.165, 1.54) is 12.1 Å². The van der Waals surface area contributed by atoms with Gasteiger partial charge in [-0.3, -0.25) is 0 Å². The number of carbonyl (C=O) groups is 2. The molecule has 0 unspecified atom stereocenters. The van der Waals surface area contributed by atoms with Crippen molar-refractivity contribution in [1.29, 1.82) is 0 Å². The zero-order valence-electron chi connectivity index (χ0n) is 13.6. The summed E-state index contributed by atoms with van der Waals surface area (Å²) in [5.74, 6) is -1.73. The Hall–Kier alpha value is -1.84. The SMILES string of the molecule is CC(C)(C)C(OC(=O)c1ccccc1C(=O)O)C(C)(C)C. The molecule has 0 saturated heterocycles. The predicted octanol–water partition coefficient (Wildman–Crippen LogP) is 4.00. The molecule has 21 heavy (non-hydrogen) atoms. The quantitative estimate of drug-likeness (QED) is 0.855. The predicted molar refractivity (Wildman–Crippen MR) is 81.5 cm³/mol. The van der Waals surface area contributed by atoms with Crippen LogP contribution in [0.2, 0.25) is 0 Å². The minimum atomic E-state index is -1.13. The van der Waals surface area contributed by atoms with Crippen molar-refractivity contribution in [3.05, 3.63) is 35.4 Å². The highest BCUT2D eigenvalue weighted by molar-refractivity contribution is 6.02. The maximum atomic E-state index is 12.4. The summed E-state index contributed by atoms with van der Waals surface area (Å²) in [7, 11) is 0. The molecule has 0 aliphatic rings. The van der Waals surface area contributed by atoms with Crippen LogP contribution in [0.4, 0.5) is 0 Å². The molecule has 0 bridgehead atoms. The summed E-state index contributed by atoms with van der Waals surface area (Å²) >= 11 is 0. The minimum Gasteiger partial charge on any atom is -0.478 e. The number of hydrogen-bond donors (Lipinski definition) is 1. The first kappa shape index (κ1) is 17.2. The van der Waals surface area contributed by atoms with Gasteiger partial charge in [-0.05, 0) is 23.0 Å². The van der Waals surface area contributed by atoms with Gasteiger partial charge >= 0.3 is 11.9 Å². The third kappa shape index (κ3) is 4.31. The van der Waals surface area contributed by atoms with Crippen molar-refractivity contribution in [2.75, 3.05) is 0 Å². The normalized spacial score (nSPS) is 12.3. The first-order valence-corrected chi connectivity index (χ1v) is 6.98. The van der Waals surface area contributed by atoms with E-state index >= 15 is 0 Å². The fourth-order valence-corrected chi connectivity index (χ4v) is 2.67. The van der Waals surface area contributed by atoms with Gasteiger partial charge in [0.2, 0.25) is 0 Å². The smallest absolute Gasteiger partial charge is 0.339 e. The average molecular weight is 292 g/mol. The minimum absolute atomic E-state index is 0.0379. The Morgan fingerprint density at radius 1 is 0.952 bits per heavy atom. The van der Waals surface area contributed by atoms with Crippen molar-refractivity contribution in [2.24, 2.45) is 10.8 Å². The summed E-state index contributed by atoms with van der Waals surface area (Å²) in [5.41, 5.74) is -0.439. The van der Waals surface area contributed by atoms with Crippen LogP contribution in [-0.4, -0.2) is 23.1 Å². The topological polar surface area (TPSA) is 63.6 Å². The first-order valence-electron chi connectivity index (χ1n) is 6.98. The zero-order valence-corrected chi connectivity index (χ0v) is 13.6. The summed E-state index contributed by atoms with van der Waals surface area (Å²) in [5, 5.41) is 9.16. The van der Waals surface area contributed by atoms with Gasteiger partial charge in [-0.1, -0.05) is 53.7 Å². The molecule has 4 nitrogen and oxygen atoms in total. The van der Waals surface area contributed by atoms with Gasteiger partial charge in [0.15, 0.2) is 0 Å². The number of carbonyl (C=O) groups excluding carboxylic acids is 1. The second kappa shape index (κ2) is 5.88. The number of benzene rings is 1. The van der Waals surface area contributed by atoms with Crippen molar-refractivity contribution in [3.8, 4) is 0 Å². The molecule has 0 amide bonds. The molecule has 1 aromatic carbocycles. The highest BCUT2D eigenvalue weighted by Gasteiger charge is 2.38. The van der Waals surface area contributed by atoms with Crippen LogP contribution in [0.5, 0.6) is 0 Å². The second-order valence-corrected chi connectivity index (χ2v) is 7.37. The molecule has 0 atom stereocenters. The lowest BCUT2D eigenvalue weighted by atomic mass is 9.74. The van der Waals surface area contributed by atoms with Gasteiger partial charge in [-0.2, -0.15) is 0 Å². The van der Waals surface area contributed by atoms with Crippen LogP contribution in [0.15, 0.2) is 24.3 Å². The molecule has 0 aliphatic carbocycles. The number of esters is 1. The summed E-state index contributed by atoms with van der Waals surface area (Å²) in [6.45, 7) is 12.0. The molecule has 0 radical (unpaired) electrons. The second-order valence-electron chi connectivity index (χ2n) is 7.37. The van der Waals surface area contributed by atoms with Gasteiger partial charge < -0.3 is 9.84 Å². The molecule has 0 heterocycles. The van der Waals surface area contributed by atoms with E-state index in [4.69, 9.17) is 9.84 Å². The zero-order chi connectivity index (χ0) is 16.4. The molecule has 4 heteroatoms. The van der Waals surface area contributed by atoms with Crippen LogP contribution in [0, 0.1) is 10.8 Å². The third-order valence-electron chi connectivity index (χ3n) is 3.18. The maximum Gasteiger partial charge on any atom is 0.339 e. The van der Waals surface area contributed by atoms with E-state index in [9.17, 15) is 9.59 Å². The molecule has 116 valence electrons. The Morgan fingerprint density at radius 3 is 1.76 bits per heavy atom. The Labute approximate surface area is 126 Å². The molecular formula is C17H24O4. The van der Waals surface area contributed by atoms with Gasteiger partial charge in [0, 0.05) is 0 Å². The van der Waals surface area contributed by atoms with Crippen molar-refractivity contribution >= 4 is 11.9 Å². The number of ether oxygens (including phenoxy) is 1. The maximum absolute atomic E-state index is 12.4. The first-order chi connectivity index (χ1) is 9.44. The van der Waals surface area contributed by atoms with Gasteiger partial charge in [-0.25, -0.2) is 9.59 Å². The van der Waals surface area contributed by atoms with Crippen LogP contribution >= 0.6 is 0 Å². The summed E-state index contributed by atoms with van der Waals surface area (Å²) in [4.78, 5) is 23.6. The van der Waals surface area contributed by atoms with Crippen molar-refractivity contribution in [2.45, 2.75) is 47.6 Å². The molecule has 0 fully saturated rings. The van der Waals surface area contributed by atoms with E-state index in [0.29, 0.717) is 0 Å². The van der Waals surface area contributed by atoms with Crippen molar-refractivity contribution in [3.63, 3.8) is 0 Å². The molecule has 0 aliphatic heterocycles. The Bertz CT molecular complexity index is 518. The number of carboxylic acid groups (broad SMARTS) is 1. The molecule has 1 N–H and O–H groups in total. The lowest BCUT2D eigenvalue weighted by Gasteiger charge is -2.39. The van der Waals surface area contributed by atoms with Crippen LogP contribution in [0.25, 0.3) is 0 Å². The van der Waals surface area contributed by atoms with E-state index in [-0.39, 0.29) is 28.1 Å². The molecule has 0 spiro atoms. The van der Waals surface area contributed by atoms with Crippen LogP contribution in [0.1, 0.15) is 62.3 Å². The number of carboxylic acids is 1. The monoisotopic (exact) mass is 292 g/mol. The third-order valence-corrected chi connectivity index (χ3v) is 3.18. The van der Waals surface area contributed by atoms with Crippen molar-refractivity contribution < 1.29 is 19.4 Å². The fraction of sp³-hybridized carbons (Fsp3) is 0.529. The standard InChI is InChI=1S/C17H24O4/c1-16(2,3)15(17(4,5)6)21-14(20)12-10-8-7-9-11(12)13(18)19/h7-10,15H,1-6H3,(H,18,19). The molecule has 0 saturated carbocycles. The van der Waals surface area contributed by atoms with Gasteiger partial charge in [-0.15, -0.1) is 0 Å². The summed E-state index contributed by atoms with van der Waals surface area (Å²) < 4.78 is 5.65. The van der Waals surface area contributed by atoms with Gasteiger partial charge in [0.05, 0.1) is 11.1 Å². The fourth-order valence-electron chi connectivity index (χ4n) is 2.67. The Balaban J connectivity index is 3.13. The molecule has 0 aromatic heterocycles. The molecule has 1 aromatic rings. The average Bonchev–Trinajstić information content (AvgIpc) is 2.32. The largest absolute Gasteiger partial charge is 0.478 e. The Morgan fingerprint density at radius 2 is 1.38 bits per heavy atom. The van der Waals surface area contributed by atoms with Crippen molar-refractivity contribution in [1.82, 2.24) is 0 Å².